The molecule has 0 radical (unpaired) electrons. The smallest absolute Gasteiger partial charge is 0.120 e. The summed E-state index contributed by atoms with van der Waals surface area (Å²) in [7, 11) is 0. The highest BCUT2D eigenvalue weighted by atomic mass is 35.5. The van der Waals surface area contributed by atoms with E-state index in [0.29, 0.717) is 12.4 Å². The minimum absolute atomic E-state index is 0. The molecule has 0 spiro atoms. The summed E-state index contributed by atoms with van der Waals surface area (Å²) in [6.45, 7) is 4.20. The monoisotopic (exact) mass is 229 g/mol. The lowest BCUT2D eigenvalue weighted by Gasteiger charge is -2.24. The third-order valence-electron chi connectivity index (χ3n) is 2.48. The molecular formula is C11H16ClNO2. The molecule has 84 valence electrons. The van der Waals surface area contributed by atoms with Gasteiger partial charge in [-0.2, -0.15) is 0 Å². The molecule has 1 atom stereocenters. The molecule has 1 aliphatic rings. The summed E-state index contributed by atoms with van der Waals surface area (Å²) in [4.78, 5) is 0. The van der Waals surface area contributed by atoms with Crippen LogP contribution in [-0.4, -0.2) is 24.9 Å². The van der Waals surface area contributed by atoms with Crippen LogP contribution in [0.2, 0.25) is 0 Å². The molecule has 2 rings (SSSR count). The molecule has 4 heteroatoms. The van der Waals surface area contributed by atoms with E-state index in [-0.39, 0.29) is 18.4 Å². The number of morpholine rings is 1. The zero-order valence-electron chi connectivity index (χ0n) is 8.69. The first-order valence-electron chi connectivity index (χ1n) is 4.88. The van der Waals surface area contributed by atoms with Crippen molar-refractivity contribution >= 4 is 12.4 Å². The predicted molar refractivity (Wildman–Crippen MR) is 61.7 cm³/mol. The number of halogens is 1. The van der Waals surface area contributed by atoms with Crippen LogP contribution < -0.4 is 5.32 Å². The van der Waals surface area contributed by atoms with Crippen LogP contribution in [0.4, 0.5) is 0 Å². The van der Waals surface area contributed by atoms with Gasteiger partial charge in [-0.05, 0) is 18.6 Å². The number of benzene rings is 1. The van der Waals surface area contributed by atoms with Gasteiger partial charge in [0.25, 0.3) is 0 Å². The van der Waals surface area contributed by atoms with Gasteiger partial charge in [0.2, 0.25) is 0 Å². The molecule has 0 saturated carbocycles. The van der Waals surface area contributed by atoms with Crippen LogP contribution in [0, 0.1) is 6.92 Å². The standard InChI is InChI=1S/C11H15NO2.ClH/c1-8-2-3-9(11(13)6-8)10-7-14-5-4-12-10;/h2-3,6,10,12-13H,4-5,7H2,1H3;1H/t10-;/m0./s1. The number of nitrogens with one attached hydrogen (secondary N) is 1. The first-order chi connectivity index (χ1) is 6.77. The van der Waals surface area contributed by atoms with Crippen LogP contribution in [0.25, 0.3) is 0 Å². The summed E-state index contributed by atoms with van der Waals surface area (Å²) in [5.74, 6) is 0.355. The van der Waals surface area contributed by atoms with E-state index in [1.54, 1.807) is 6.07 Å². The largest absolute Gasteiger partial charge is 0.508 e. The number of aromatic hydroxyl groups is 1. The highest BCUT2D eigenvalue weighted by molar-refractivity contribution is 5.85. The van der Waals surface area contributed by atoms with Crippen LogP contribution >= 0.6 is 12.4 Å². The van der Waals surface area contributed by atoms with Gasteiger partial charge in [-0.1, -0.05) is 12.1 Å². The first-order valence-corrected chi connectivity index (χ1v) is 4.88. The van der Waals surface area contributed by atoms with Crippen molar-refractivity contribution < 1.29 is 9.84 Å². The number of aryl methyl sites for hydroxylation is 1. The van der Waals surface area contributed by atoms with Crippen LogP contribution in [-0.2, 0) is 4.74 Å². The van der Waals surface area contributed by atoms with Crippen molar-refractivity contribution in [2.24, 2.45) is 0 Å². The van der Waals surface area contributed by atoms with E-state index in [0.717, 1.165) is 24.3 Å². The fourth-order valence-electron chi connectivity index (χ4n) is 1.71. The van der Waals surface area contributed by atoms with Gasteiger partial charge in [0.1, 0.15) is 5.75 Å². The van der Waals surface area contributed by atoms with Crippen molar-refractivity contribution in [3.63, 3.8) is 0 Å². The zero-order valence-corrected chi connectivity index (χ0v) is 9.51. The van der Waals surface area contributed by atoms with Gasteiger partial charge in [0, 0.05) is 12.1 Å². The maximum Gasteiger partial charge on any atom is 0.120 e. The quantitative estimate of drug-likeness (QED) is 0.772. The molecule has 1 fully saturated rings. The SMILES string of the molecule is Cc1ccc([C@@H]2COCCN2)c(O)c1.Cl. The lowest BCUT2D eigenvalue weighted by atomic mass is 10.0. The Hall–Kier alpha value is -0.770. The Morgan fingerprint density at radius 2 is 2.27 bits per heavy atom. The molecule has 15 heavy (non-hydrogen) atoms. The second-order valence-electron chi connectivity index (χ2n) is 3.64. The number of phenols is 1. The highest BCUT2D eigenvalue weighted by Gasteiger charge is 2.17. The zero-order chi connectivity index (χ0) is 9.97. The number of rotatable bonds is 1. The summed E-state index contributed by atoms with van der Waals surface area (Å²) in [5, 5.41) is 13.1. The van der Waals surface area contributed by atoms with E-state index in [4.69, 9.17) is 4.74 Å². The molecule has 0 aromatic heterocycles. The number of hydrogen-bond acceptors (Lipinski definition) is 3. The second-order valence-corrected chi connectivity index (χ2v) is 3.64. The van der Waals surface area contributed by atoms with E-state index in [1.165, 1.54) is 0 Å². The Kier molecular flexibility index (Phi) is 4.39. The number of phenolic OH excluding ortho intramolecular Hbond substituents is 1. The van der Waals surface area contributed by atoms with Crippen LogP contribution in [0.5, 0.6) is 5.75 Å². The Morgan fingerprint density at radius 3 is 2.87 bits per heavy atom. The van der Waals surface area contributed by atoms with E-state index in [2.05, 4.69) is 5.32 Å². The number of ether oxygens (including phenoxy) is 1. The number of hydrogen-bond donors (Lipinski definition) is 2. The minimum atomic E-state index is 0. The van der Waals surface area contributed by atoms with Gasteiger partial charge in [0.15, 0.2) is 0 Å². The third kappa shape index (κ3) is 2.84. The maximum absolute atomic E-state index is 9.75. The molecule has 0 amide bonds. The van der Waals surface area contributed by atoms with Crippen molar-refractivity contribution in [3.05, 3.63) is 29.3 Å². The summed E-state index contributed by atoms with van der Waals surface area (Å²) in [5.41, 5.74) is 2.00. The van der Waals surface area contributed by atoms with Gasteiger partial charge in [-0.25, -0.2) is 0 Å². The highest BCUT2D eigenvalue weighted by Crippen LogP contribution is 2.26. The Morgan fingerprint density at radius 1 is 1.47 bits per heavy atom. The minimum Gasteiger partial charge on any atom is -0.508 e. The van der Waals surface area contributed by atoms with Gasteiger partial charge in [-0.15, -0.1) is 12.4 Å². The van der Waals surface area contributed by atoms with Gasteiger partial charge >= 0.3 is 0 Å². The van der Waals surface area contributed by atoms with Crippen molar-refractivity contribution in [2.45, 2.75) is 13.0 Å². The first kappa shape index (κ1) is 12.3. The maximum atomic E-state index is 9.75. The average molecular weight is 230 g/mol. The Balaban J connectivity index is 0.00000112. The summed E-state index contributed by atoms with van der Waals surface area (Å²) < 4.78 is 5.35. The lowest BCUT2D eigenvalue weighted by Crippen LogP contribution is -2.34. The van der Waals surface area contributed by atoms with Crippen molar-refractivity contribution in [3.8, 4) is 5.75 Å². The van der Waals surface area contributed by atoms with Gasteiger partial charge in [-0.3, -0.25) is 0 Å². The van der Waals surface area contributed by atoms with Crippen LogP contribution in [0.1, 0.15) is 17.2 Å². The third-order valence-corrected chi connectivity index (χ3v) is 2.48. The van der Waals surface area contributed by atoms with Crippen molar-refractivity contribution in [1.82, 2.24) is 5.32 Å². The summed E-state index contributed by atoms with van der Waals surface area (Å²) in [6.07, 6.45) is 0. The fourth-order valence-corrected chi connectivity index (χ4v) is 1.71. The molecule has 0 unspecified atom stereocenters. The molecule has 1 aromatic rings. The Labute approximate surface area is 95.9 Å². The van der Waals surface area contributed by atoms with Crippen molar-refractivity contribution in [2.75, 3.05) is 19.8 Å². The molecule has 1 aliphatic heterocycles. The summed E-state index contributed by atoms with van der Waals surface area (Å²) in [6, 6.07) is 5.87. The summed E-state index contributed by atoms with van der Waals surface area (Å²) >= 11 is 0. The molecule has 0 aliphatic carbocycles. The normalized spacial score (nSPS) is 20.7. The average Bonchev–Trinajstić information content (AvgIpc) is 2.19. The second kappa shape index (κ2) is 5.35. The molecule has 1 aromatic carbocycles. The topological polar surface area (TPSA) is 41.5 Å². The van der Waals surface area contributed by atoms with E-state index in [9.17, 15) is 5.11 Å². The van der Waals surface area contributed by atoms with Gasteiger partial charge < -0.3 is 15.2 Å². The molecule has 2 N–H and O–H groups in total. The molecule has 1 saturated heterocycles. The predicted octanol–water partition coefficient (Wildman–Crippen LogP) is 1.78. The van der Waals surface area contributed by atoms with E-state index >= 15 is 0 Å². The van der Waals surface area contributed by atoms with Crippen molar-refractivity contribution in [1.29, 1.82) is 0 Å². The molecular weight excluding hydrogens is 214 g/mol. The lowest BCUT2D eigenvalue weighted by molar-refractivity contribution is 0.0761. The van der Waals surface area contributed by atoms with E-state index < -0.39 is 0 Å². The van der Waals surface area contributed by atoms with Crippen LogP contribution in [0.15, 0.2) is 18.2 Å². The van der Waals surface area contributed by atoms with Crippen LogP contribution in [0.3, 0.4) is 0 Å². The molecule has 1 heterocycles. The fraction of sp³-hybridized carbons (Fsp3) is 0.455. The van der Waals surface area contributed by atoms with Gasteiger partial charge in [0.05, 0.1) is 19.3 Å². The Bertz CT molecular complexity index is 324. The van der Waals surface area contributed by atoms with E-state index in [1.807, 2.05) is 19.1 Å². The molecule has 3 nitrogen and oxygen atoms in total. The molecule has 0 bridgehead atoms.